The van der Waals surface area contributed by atoms with Gasteiger partial charge in [-0.15, -0.1) is 0 Å². The van der Waals surface area contributed by atoms with Crippen LogP contribution in [0.25, 0.3) is 16.6 Å². The Bertz CT molecular complexity index is 1260. The first-order chi connectivity index (χ1) is 14.9. The first-order valence-corrected chi connectivity index (χ1v) is 10.8. The Hall–Kier alpha value is -2.90. The molecule has 1 amide bonds. The molecule has 3 aromatic rings. The van der Waals surface area contributed by atoms with Crippen LogP contribution in [-0.2, 0) is 11.3 Å². The van der Waals surface area contributed by atoms with Gasteiger partial charge in [-0.1, -0.05) is 36.2 Å². The van der Waals surface area contributed by atoms with Crippen LogP contribution in [0.2, 0.25) is 5.02 Å². The van der Waals surface area contributed by atoms with Crippen molar-refractivity contribution in [1.29, 1.82) is 0 Å². The molecule has 2 aromatic carbocycles. The van der Waals surface area contributed by atoms with E-state index in [-0.39, 0.29) is 12.5 Å². The summed E-state index contributed by atoms with van der Waals surface area (Å²) in [7, 11) is 0. The van der Waals surface area contributed by atoms with Crippen molar-refractivity contribution in [3.05, 3.63) is 73.9 Å². The number of aryl methyl sites for hydroxylation is 1. The summed E-state index contributed by atoms with van der Waals surface area (Å²) < 4.78 is 2.49. The Balaban J connectivity index is 1.82. The fourth-order valence-corrected chi connectivity index (χ4v) is 4.22. The number of likely N-dealkylation sites (N-methyl/N-ethyl adjacent to an activating group) is 1. The number of amides is 1. The maximum atomic E-state index is 13.4. The molecule has 0 unspecified atom stereocenters. The number of aromatic nitrogens is 2. The number of nitrogens with zero attached hydrogens (tertiary/aromatic N) is 4. The van der Waals surface area contributed by atoms with Gasteiger partial charge < -0.3 is 9.80 Å². The Morgan fingerprint density at radius 3 is 2.45 bits per heavy atom. The van der Waals surface area contributed by atoms with Gasteiger partial charge in [0.15, 0.2) is 0 Å². The van der Waals surface area contributed by atoms with Crippen LogP contribution in [-0.4, -0.2) is 57.6 Å². The first-order valence-electron chi connectivity index (χ1n) is 10.4. The van der Waals surface area contributed by atoms with E-state index in [1.165, 1.54) is 4.57 Å². The number of rotatable bonds is 4. The number of carbonyl (C=O) groups excluding carboxylic acids is 1. The number of benzene rings is 2. The zero-order valence-corrected chi connectivity index (χ0v) is 18.4. The fourth-order valence-electron chi connectivity index (χ4n) is 4.03. The molecule has 0 aliphatic carbocycles. The van der Waals surface area contributed by atoms with Crippen molar-refractivity contribution in [1.82, 2.24) is 18.9 Å². The second-order valence-corrected chi connectivity index (χ2v) is 8.26. The number of fused-ring (bicyclic) bond motifs is 1. The van der Waals surface area contributed by atoms with E-state index in [2.05, 4.69) is 11.8 Å². The third-order valence-corrected chi connectivity index (χ3v) is 6.07. The molecular formula is C23H25ClN4O3. The summed E-state index contributed by atoms with van der Waals surface area (Å²) in [5.74, 6) is -0.129. The standard InChI is InChI=1S/C23H25ClN4O3/c1-3-25-9-11-26(12-10-25)21(29)15-27-20-8-7-16(2)13-19(20)22(30)28(23(27)31)18-6-4-5-17(24)14-18/h4-8,13-14H,3,9-12,15H2,1-2H3. The minimum Gasteiger partial charge on any atom is -0.339 e. The Labute approximate surface area is 185 Å². The maximum Gasteiger partial charge on any atom is 0.336 e. The van der Waals surface area contributed by atoms with E-state index in [1.807, 2.05) is 13.0 Å². The normalized spacial score (nSPS) is 14.9. The molecule has 1 aliphatic rings. The molecule has 162 valence electrons. The van der Waals surface area contributed by atoms with Crippen LogP contribution in [0.3, 0.4) is 0 Å². The highest BCUT2D eigenvalue weighted by molar-refractivity contribution is 6.30. The molecule has 7 nitrogen and oxygen atoms in total. The molecule has 4 rings (SSSR count). The van der Waals surface area contributed by atoms with Gasteiger partial charge in [0, 0.05) is 31.2 Å². The molecule has 31 heavy (non-hydrogen) atoms. The molecule has 0 atom stereocenters. The lowest BCUT2D eigenvalue weighted by Crippen LogP contribution is -2.50. The van der Waals surface area contributed by atoms with Crippen LogP contribution < -0.4 is 11.2 Å². The Morgan fingerprint density at radius 2 is 1.77 bits per heavy atom. The molecule has 0 radical (unpaired) electrons. The van der Waals surface area contributed by atoms with Crippen molar-refractivity contribution in [2.24, 2.45) is 0 Å². The topological polar surface area (TPSA) is 67.5 Å². The molecule has 8 heteroatoms. The van der Waals surface area contributed by atoms with Crippen LogP contribution in [0.15, 0.2) is 52.1 Å². The smallest absolute Gasteiger partial charge is 0.336 e. The SMILES string of the molecule is CCN1CCN(C(=O)Cn2c(=O)n(-c3cccc(Cl)c3)c(=O)c3cc(C)ccc32)CC1. The van der Waals surface area contributed by atoms with E-state index in [1.54, 1.807) is 41.3 Å². The third-order valence-electron chi connectivity index (χ3n) is 5.83. The zero-order valence-electron chi connectivity index (χ0n) is 17.7. The first kappa shape index (κ1) is 21.3. The summed E-state index contributed by atoms with van der Waals surface area (Å²) in [6.45, 7) is 7.72. The van der Waals surface area contributed by atoms with Gasteiger partial charge in [-0.25, -0.2) is 9.36 Å². The molecule has 1 saturated heterocycles. The summed E-state index contributed by atoms with van der Waals surface area (Å²) >= 11 is 6.10. The lowest BCUT2D eigenvalue weighted by Gasteiger charge is -2.34. The zero-order chi connectivity index (χ0) is 22.1. The van der Waals surface area contributed by atoms with Gasteiger partial charge in [0.25, 0.3) is 5.56 Å². The third kappa shape index (κ3) is 4.16. The summed E-state index contributed by atoms with van der Waals surface area (Å²) in [5, 5.41) is 0.813. The predicted molar refractivity (Wildman–Crippen MR) is 122 cm³/mol. The molecule has 1 aliphatic heterocycles. The second-order valence-electron chi connectivity index (χ2n) is 7.82. The van der Waals surface area contributed by atoms with Crippen molar-refractivity contribution < 1.29 is 4.79 Å². The van der Waals surface area contributed by atoms with Gasteiger partial charge in [0.2, 0.25) is 5.91 Å². The quantitative estimate of drug-likeness (QED) is 0.624. The minimum absolute atomic E-state index is 0.120. The van der Waals surface area contributed by atoms with Gasteiger partial charge in [-0.2, -0.15) is 0 Å². The average molecular weight is 441 g/mol. The van der Waals surface area contributed by atoms with Gasteiger partial charge in [-0.3, -0.25) is 14.2 Å². The van der Waals surface area contributed by atoms with E-state index in [0.29, 0.717) is 34.7 Å². The lowest BCUT2D eigenvalue weighted by atomic mass is 10.1. The molecule has 2 heterocycles. The monoisotopic (exact) mass is 440 g/mol. The average Bonchev–Trinajstić information content (AvgIpc) is 2.77. The van der Waals surface area contributed by atoms with Gasteiger partial charge in [-0.05, 0) is 43.8 Å². The summed E-state index contributed by atoms with van der Waals surface area (Å²) in [6, 6.07) is 11.9. The highest BCUT2D eigenvalue weighted by Crippen LogP contribution is 2.16. The summed E-state index contributed by atoms with van der Waals surface area (Å²) in [4.78, 5) is 43.8. The van der Waals surface area contributed by atoms with Crippen molar-refractivity contribution in [2.75, 3.05) is 32.7 Å². The van der Waals surface area contributed by atoms with E-state index in [9.17, 15) is 14.4 Å². The molecule has 1 aromatic heterocycles. The van der Waals surface area contributed by atoms with E-state index in [4.69, 9.17) is 11.6 Å². The fraction of sp³-hybridized carbons (Fsp3) is 0.348. The summed E-state index contributed by atoms with van der Waals surface area (Å²) in [5.41, 5.74) is 0.757. The molecule has 1 fully saturated rings. The molecular weight excluding hydrogens is 416 g/mol. The van der Waals surface area contributed by atoms with Crippen LogP contribution in [0.1, 0.15) is 12.5 Å². The van der Waals surface area contributed by atoms with Crippen LogP contribution in [0.4, 0.5) is 0 Å². The summed E-state index contributed by atoms with van der Waals surface area (Å²) in [6.07, 6.45) is 0. The van der Waals surface area contributed by atoms with E-state index >= 15 is 0 Å². The number of piperazine rings is 1. The maximum absolute atomic E-state index is 13.4. The van der Waals surface area contributed by atoms with Gasteiger partial charge in [0.05, 0.1) is 16.6 Å². The Morgan fingerprint density at radius 1 is 1.03 bits per heavy atom. The number of hydrogen-bond donors (Lipinski definition) is 0. The van der Waals surface area contributed by atoms with Crippen LogP contribution >= 0.6 is 11.6 Å². The minimum atomic E-state index is -0.552. The largest absolute Gasteiger partial charge is 0.339 e. The molecule has 0 saturated carbocycles. The van der Waals surface area contributed by atoms with E-state index < -0.39 is 11.2 Å². The van der Waals surface area contributed by atoms with Crippen molar-refractivity contribution >= 4 is 28.4 Å². The van der Waals surface area contributed by atoms with Crippen LogP contribution in [0.5, 0.6) is 0 Å². The van der Waals surface area contributed by atoms with E-state index in [0.717, 1.165) is 29.8 Å². The number of carbonyl (C=O) groups is 1. The van der Waals surface area contributed by atoms with Gasteiger partial charge in [0.1, 0.15) is 6.54 Å². The number of halogens is 1. The van der Waals surface area contributed by atoms with Crippen molar-refractivity contribution in [3.63, 3.8) is 0 Å². The van der Waals surface area contributed by atoms with Crippen molar-refractivity contribution in [3.8, 4) is 5.69 Å². The van der Waals surface area contributed by atoms with Crippen LogP contribution in [0, 0.1) is 6.92 Å². The second kappa shape index (κ2) is 8.69. The lowest BCUT2D eigenvalue weighted by molar-refractivity contribution is -0.133. The van der Waals surface area contributed by atoms with Crippen molar-refractivity contribution in [2.45, 2.75) is 20.4 Å². The highest BCUT2D eigenvalue weighted by Gasteiger charge is 2.23. The van der Waals surface area contributed by atoms with Gasteiger partial charge >= 0.3 is 5.69 Å². The molecule has 0 bridgehead atoms. The predicted octanol–water partition coefficient (Wildman–Crippen LogP) is 2.28. The molecule has 0 spiro atoms. The number of hydrogen-bond acceptors (Lipinski definition) is 4. The highest BCUT2D eigenvalue weighted by atomic mass is 35.5. The molecule has 0 N–H and O–H groups in total. The Kier molecular flexibility index (Phi) is 5.98.